The highest BCUT2D eigenvalue weighted by Gasteiger charge is 2.28. The van der Waals surface area contributed by atoms with Gasteiger partial charge >= 0.3 is 0 Å². The highest BCUT2D eigenvalue weighted by atomic mass is 32.2. The highest BCUT2D eigenvalue weighted by Crippen LogP contribution is 2.28. The topological polar surface area (TPSA) is 73.7 Å². The largest absolute Gasteiger partial charge is 0.497 e. The summed E-state index contributed by atoms with van der Waals surface area (Å²) in [7, 11) is -0.581. The van der Waals surface area contributed by atoms with Crippen molar-refractivity contribution in [2.45, 2.75) is 43.9 Å². The molecule has 1 heterocycles. The molecule has 0 saturated heterocycles. The monoisotopic (exact) mass is 455 g/mol. The molecule has 2 aromatic carbocycles. The summed E-state index contributed by atoms with van der Waals surface area (Å²) in [5, 5.41) is 4.49. The van der Waals surface area contributed by atoms with Crippen LogP contribution < -0.4 is 9.47 Å². The van der Waals surface area contributed by atoms with Crippen LogP contribution in [0.4, 0.5) is 0 Å². The molecule has 1 aliphatic carbocycles. The molecule has 3 aromatic rings. The Balaban J connectivity index is 1.59. The summed E-state index contributed by atoms with van der Waals surface area (Å²) in [6, 6.07) is 16.5. The molecule has 0 amide bonds. The van der Waals surface area contributed by atoms with Gasteiger partial charge in [-0.2, -0.15) is 9.40 Å². The average molecular weight is 456 g/mol. The van der Waals surface area contributed by atoms with Crippen LogP contribution in [-0.4, -0.2) is 36.7 Å². The van der Waals surface area contributed by atoms with Crippen molar-refractivity contribution in [3.05, 3.63) is 71.9 Å². The fraction of sp³-hybridized carbons (Fsp3) is 0.375. The second-order valence-corrected chi connectivity index (χ2v) is 10.0. The van der Waals surface area contributed by atoms with Crippen molar-refractivity contribution in [3.8, 4) is 11.5 Å². The molecule has 1 aromatic heterocycles. The Hall–Kier alpha value is -2.84. The average Bonchev–Trinajstić information content (AvgIpc) is 3.26. The molecule has 0 aliphatic heterocycles. The maximum absolute atomic E-state index is 13.6. The smallest absolute Gasteiger partial charge is 0.262 e. The van der Waals surface area contributed by atoms with Gasteiger partial charge < -0.3 is 9.47 Å². The van der Waals surface area contributed by atoms with Crippen LogP contribution >= 0.6 is 0 Å². The van der Waals surface area contributed by atoms with E-state index in [1.807, 2.05) is 48.5 Å². The van der Waals surface area contributed by atoms with Gasteiger partial charge in [0.2, 0.25) is 0 Å². The molecule has 0 spiro atoms. The highest BCUT2D eigenvalue weighted by molar-refractivity contribution is 7.89. The van der Waals surface area contributed by atoms with E-state index >= 15 is 0 Å². The van der Waals surface area contributed by atoms with Crippen LogP contribution in [0.3, 0.4) is 0 Å². The molecule has 0 radical (unpaired) electrons. The van der Waals surface area contributed by atoms with Crippen molar-refractivity contribution < 1.29 is 17.9 Å². The fourth-order valence-electron chi connectivity index (χ4n) is 3.75. The lowest BCUT2D eigenvalue weighted by molar-refractivity contribution is 0.265. The maximum atomic E-state index is 13.6. The zero-order chi connectivity index (χ0) is 22.6. The lowest BCUT2D eigenvalue weighted by Crippen LogP contribution is -2.31. The summed E-state index contributed by atoms with van der Waals surface area (Å²) < 4.78 is 40.8. The molecule has 170 valence electrons. The van der Waals surface area contributed by atoms with Crippen LogP contribution in [0, 0.1) is 5.92 Å². The zero-order valence-corrected chi connectivity index (χ0v) is 19.3. The Morgan fingerprint density at radius 1 is 0.906 bits per heavy atom. The van der Waals surface area contributed by atoms with E-state index in [4.69, 9.17) is 9.47 Å². The number of nitrogens with zero attached hydrogens (tertiary/aromatic N) is 3. The molecule has 0 bridgehead atoms. The van der Waals surface area contributed by atoms with Crippen LogP contribution in [0.5, 0.6) is 11.5 Å². The SMILES string of the molecule is COc1ccc(CN(Cc2ccc(OC)cc2)S(=O)(=O)c2ccn(CC3CCC3)n2)cc1. The molecule has 4 rings (SSSR count). The van der Waals surface area contributed by atoms with Crippen LogP contribution in [0.2, 0.25) is 0 Å². The van der Waals surface area contributed by atoms with Gasteiger partial charge in [-0.1, -0.05) is 30.7 Å². The first-order chi connectivity index (χ1) is 15.5. The second-order valence-electron chi connectivity index (χ2n) is 8.14. The van der Waals surface area contributed by atoms with Crippen molar-refractivity contribution >= 4 is 10.0 Å². The van der Waals surface area contributed by atoms with Gasteiger partial charge in [0, 0.05) is 25.8 Å². The maximum Gasteiger partial charge on any atom is 0.262 e. The van der Waals surface area contributed by atoms with Gasteiger partial charge in [-0.25, -0.2) is 8.42 Å². The van der Waals surface area contributed by atoms with Crippen molar-refractivity contribution in [2.24, 2.45) is 5.92 Å². The third-order valence-electron chi connectivity index (χ3n) is 5.93. The molecule has 8 heteroatoms. The summed E-state index contributed by atoms with van der Waals surface area (Å²) in [6.45, 7) is 1.23. The lowest BCUT2D eigenvalue weighted by atomic mass is 9.85. The number of benzene rings is 2. The number of hydrogen-bond acceptors (Lipinski definition) is 5. The van der Waals surface area contributed by atoms with Crippen molar-refractivity contribution in [3.63, 3.8) is 0 Å². The first-order valence-corrected chi connectivity index (χ1v) is 12.2. The van der Waals surface area contributed by atoms with E-state index in [-0.39, 0.29) is 18.1 Å². The molecule has 1 saturated carbocycles. The molecule has 0 unspecified atom stereocenters. The van der Waals surface area contributed by atoms with Gasteiger partial charge in [-0.05, 0) is 60.2 Å². The van der Waals surface area contributed by atoms with E-state index in [1.54, 1.807) is 31.2 Å². The third kappa shape index (κ3) is 5.14. The summed E-state index contributed by atoms with van der Waals surface area (Å²) in [4.78, 5) is 0. The first kappa shape index (κ1) is 22.4. The molecule has 0 N–H and O–H groups in total. The van der Waals surface area contributed by atoms with E-state index in [2.05, 4.69) is 5.10 Å². The second kappa shape index (κ2) is 9.75. The predicted octanol–water partition coefficient (Wildman–Crippen LogP) is 4.09. The number of aromatic nitrogens is 2. The summed E-state index contributed by atoms with van der Waals surface area (Å²) in [5.41, 5.74) is 1.74. The summed E-state index contributed by atoms with van der Waals surface area (Å²) >= 11 is 0. The number of methoxy groups -OCH3 is 2. The first-order valence-electron chi connectivity index (χ1n) is 10.8. The van der Waals surface area contributed by atoms with Gasteiger partial charge in [0.15, 0.2) is 5.03 Å². The third-order valence-corrected chi connectivity index (χ3v) is 7.61. The van der Waals surface area contributed by atoms with Crippen LogP contribution in [0.15, 0.2) is 65.8 Å². The molecular weight excluding hydrogens is 426 g/mol. The molecule has 7 nitrogen and oxygen atoms in total. The predicted molar refractivity (Wildman–Crippen MR) is 122 cm³/mol. The van der Waals surface area contributed by atoms with Crippen molar-refractivity contribution in [1.29, 1.82) is 0 Å². The number of ether oxygens (including phenoxy) is 2. The van der Waals surface area contributed by atoms with Gasteiger partial charge in [0.05, 0.1) is 14.2 Å². The van der Waals surface area contributed by atoms with Gasteiger partial charge in [-0.3, -0.25) is 4.68 Å². The van der Waals surface area contributed by atoms with Crippen LogP contribution in [-0.2, 0) is 29.7 Å². The Morgan fingerprint density at radius 3 is 1.88 bits per heavy atom. The van der Waals surface area contributed by atoms with Crippen molar-refractivity contribution in [1.82, 2.24) is 14.1 Å². The molecule has 32 heavy (non-hydrogen) atoms. The summed E-state index contributed by atoms with van der Waals surface area (Å²) in [6.07, 6.45) is 5.38. The van der Waals surface area contributed by atoms with Gasteiger partial charge in [0.1, 0.15) is 11.5 Å². The summed E-state index contributed by atoms with van der Waals surface area (Å²) in [5.74, 6) is 2.06. The van der Waals surface area contributed by atoms with Gasteiger partial charge in [-0.15, -0.1) is 0 Å². The number of rotatable bonds is 10. The van der Waals surface area contributed by atoms with Crippen molar-refractivity contribution in [2.75, 3.05) is 14.2 Å². The minimum Gasteiger partial charge on any atom is -0.497 e. The number of sulfonamides is 1. The van der Waals surface area contributed by atoms with E-state index in [1.165, 1.54) is 23.6 Å². The Morgan fingerprint density at radius 2 is 1.44 bits per heavy atom. The minimum atomic E-state index is -3.79. The van der Waals surface area contributed by atoms with E-state index in [0.29, 0.717) is 5.92 Å². The number of hydrogen-bond donors (Lipinski definition) is 0. The molecule has 1 aliphatic rings. The molecular formula is C24H29N3O4S. The molecule has 1 fully saturated rings. The normalized spacial score (nSPS) is 14.3. The zero-order valence-electron chi connectivity index (χ0n) is 18.5. The van der Waals surface area contributed by atoms with E-state index in [9.17, 15) is 8.42 Å². The van der Waals surface area contributed by atoms with Crippen LogP contribution in [0.1, 0.15) is 30.4 Å². The minimum absolute atomic E-state index is 0.0823. The fourth-order valence-corrected chi connectivity index (χ4v) is 5.09. The lowest BCUT2D eigenvalue weighted by Gasteiger charge is -2.25. The molecule has 0 atom stereocenters. The quantitative estimate of drug-likeness (QED) is 0.460. The van der Waals surface area contributed by atoms with E-state index < -0.39 is 10.0 Å². The van der Waals surface area contributed by atoms with Gasteiger partial charge in [0.25, 0.3) is 10.0 Å². The van der Waals surface area contributed by atoms with E-state index in [0.717, 1.165) is 29.2 Å². The Bertz CT molecular complexity index is 1070. The standard InChI is InChI=1S/C24H29N3O4S/c1-30-22-10-6-20(7-11-22)17-27(18-21-8-12-23(31-2)13-9-21)32(28,29)24-14-15-26(25-24)16-19-4-3-5-19/h6-15,19H,3-5,16-18H2,1-2H3. The van der Waals surface area contributed by atoms with Crippen LogP contribution in [0.25, 0.3) is 0 Å². The Kier molecular flexibility index (Phi) is 6.81. The Labute approximate surface area is 189 Å².